The van der Waals surface area contributed by atoms with Gasteiger partial charge in [-0.25, -0.2) is 0 Å². The van der Waals surface area contributed by atoms with E-state index in [0.29, 0.717) is 0 Å². The van der Waals surface area contributed by atoms with Crippen LogP contribution in [0.5, 0.6) is 0 Å². The Morgan fingerprint density at radius 2 is 2.40 bits per heavy atom. The van der Waals surface area contributed by atoms with Gasteiger partial charge in [0.2, 0.25) is 0 Å². The highest BCUT2D eigenvalue weighted by Crippen LogP contribution is 2.04. The van der Waals surface area contributed by atoms with Gasteiger partial charge >= 0.3 is 5.97 Å². The number of amides is 1. The first-order chi connectivity index (χ1) is 7.15. The standard InChI is InChI=1S/C8H12N4O3/c1-15-6(13)2-3-10-8(14)7-5(9)4-11-12-7/h4H,2-3,9H2,1H3,(H,10,14)(H,11,12). The Labute approximate surface area is 86.0 Å². The van der Waals surface area contributed by atoms with E-state index >= 15 is 0 Å². The second-order valence-corrected chi connectivity index (χ2v) is 2.78. The molecule has 4 N–H and O–H groups in total. The number of nitrogens with zero attached hydrogens (tertiary/aromatic N) is 1. The van der Waals surface area contributed by atoms with Crippen molar-refractivity contribution in [2.45, 2.75) is 6.42 Å². The lowest BCUT2D eigenvalue weighted by Crippen LogP contribution is -2.27. The molecule has 0 spiro atoms. The number of aromatic nitrogens is 2. The lowest BCUT2D eigenvalue weighted by molar-refractivity contribution is -0.140. The smallest absolute Gasteiger partial charge is 0.307 e. The van der Waals surface area contributed by atoms with Gasteiger partial charge in [0.1, 0.15) is 5.69 Å². The number of methoxy groups -OCH3 is 1. The van der Waals surface area contributed by atoms with Crippen LogP contribution < -0.4 is 11.1 Å². The summed E-state index contributed by atoms with van der Waals surface area (Å²) in [6.45, 7) is 0.198. The summed E-state index contributed by atoms with van der Waals surface area (Å²) >= 11 is 0. The predicted octanol–water partition coefficient (Wildman–Crippen LogP) is -0.715. The predicted molar refractivity (Wildman–Crippen MR) is 52.0 cm³/mol. The summed E-state index contributed by atoms with van der Waals surface area (Å²) < 4.78 is 4.41. The minimum absolute atomic E-state index is 0.121. The molecule has 0 saturated carbocycles. The minimum atomic E-state index is -0.395. The van der Waals surface area contributed by atoms with Gasteiger partial charge in [0.25, 0.3) is 5.91 Å². The van der Waals surface area contributed by atoms with Crippen molar-refractivity contribution in [3.05, 3.63) is 11.9 Å². The zero-order valence-electron chi connectivity index (χ0n) is 8.24. The highest BCUT2D eigenvalue weighted by atomic mass is 16.5. The fourth-order valence-corrected chi connectivity index (χ4v) is 0.946. The summed E-state index contributed by atoms with van der Waals surface area (Å²) in [6.07, 6.45) is 1.46. The Bertz CT molecular complexity index is 361. The molecule has 7 heteroatoms. The lowest BCUT2D eigenvalue weighted by Gasteiger charge is -2.02. The summed E-state index contributed by atoms with van der Waals surface area (Å²) in [5.74, 6) is -0.776. The number of hydrogen-bond acceptors (Lipinski definition) is 5. The van der Waals surface area contributed by atoms with Crippen LogP contribution in [0.1, 0.15) is 16.9 Å². The number of nitrogen functional groups attached to an aromatic ring is 1. The van der Waals surface area contributed by atoms with Crippen molar-refractivity contribution >= 4 is 17.6 Å². The summed E-state index contributed by atoms with van der Waals surface area (Å²) in [6, 6.07) is 0. The second kappa shape index (κ2) is 4.99. The molecule has 15 heavy (non-hydrogen) atoms. The van der Waals surface area contributed by atoms with Crippen molar-refractivity contribution in [3.8, 4) is 0 Å². The molecule has 1 aromatic rings. The number of carbonyl (C=O) groups excluding carboxylic acids is 2. The van der Waals surface area contributed by atoms with Gasteiger partial charge in [0.15, 0.2) is 0 Å². The lowest BCUT2D eigenvalue weighted by atomic mass is 10.3. The van der Waals surface area contributed by atoms with E-state index in [1.165, 1.54) is 13.3 Å². The molecular formula is C8H12N4O3. The number of carbonyl (C=O) groups is 2. The first-order valence-electron chi connectivity index (χ1n) is 4.29. The molecule has 0 aliphatic rings. The van der Waals surface area contributed by atoms with E-state index < -0.39 is 5.91 Å². The number of aromatic amines is 1. The second-order valence-electron chi connectivity index (χ2n) is 2.78. The minimum Gasteiger partial charge on any atom is -0.469 e. The molecule has 0 aliphatic carbocycles. The molecule has 7 nitrogen and oxygen atoms in total. The van der Waals surface area contributed by atoms with Crippen molar-refractivity contribution in [2.24, 2.45) is 0 Å². The van der Waals surface area contributed by atoms with E-state index in [-0.39, 0.29) is 30.3 Å². The molecule has 0 fully saturated rings. The van der Waals surface area contributed by atoms with Gasteiger partial charge in [-0.2, -0.15) is 5.10 Å². The summed E-state index contributed by atoms with van der Waals surface area (Å²) in [7, 11) is 1.29. The maximum Gasteiger partial charge on any atom is 0.307 e. The third kappa shape index (κ3) is 2.97. The number of nitrogens with one attached hydrogen (secondary N) is 2. The van der Waals surface area contributed by atoms with Crippen LogP contribution in [0.4, 0.5) is 5.69 Å². The van der Waals surface area contributed by atoms with Crippen molar-refractivity contribution in [1.29, 1.82) is 0 Å². The molecule has 0 bridgehead atoms. The Kier molecular flexibility index (Phi) is 3.67. The molecule has 0 saturated heterocycles. The Hall–Kier alpha value is -2.05. The van der Waals surface area contributed by atoms with E-state index in [0.717, 1.165) is 0 Å². The number of H-pyrrole nitrogens is 1. The monoisotopic (exact) mass is 212 g/mol. The average Bonchev–Trinajstić information content (AvgIpc) is 2.64. The van der Waals surface area contributed by atoms with Gasteiger partial charge in [0, 0.05) is 6.54 Å². The number of ether oxygens (including phenoxy) is 1. The number of rotatable bonds is 4. The van der Waals surface area contributed by atoms with E-state index in [4.69, 9.17) is 5.73 Å². The fraction of sp³-hybridized carbons (Fsp3) is 0.375. The first-order valence-corrected chi connectivity index (χ1v) is 4.29. The van der Waals surface area contributed by atoms with E-state index in [1.54, 1.807) is 0 Å². The number of anilines is 1. The number of esters is 1. The highest BCUT2D eigenvalue weighted by molar-refractivity contribution is 5.97. The molecule has 1 heterocycles. The van der Waals surface area contributed by atoms with Crippen LogP contribution in [0.15, 0.2) is 6.20 Å². The van der Waals surface area contributed by atoms with Crippen molar-refractivity contribution < 1.29 is 14.3 Å². The van der Waals surface area contributed by atoms with Crippen molar-refractivity contribution in [1.82, 2.24) is 15.5 Å². The van der Waals surface area contributed by atoms with Gasteiger partial charge in [-0.15, -0.1) is 0 Å². The van der Waals surface area contributed by atoms with Gasteiger partial charge in [-0.05, 0) is 0 Å². The van der Waals surface area contributed by atoms with Crippen LogP contribution in [0.3, 0.4) is 0 Å². The topological polar surface area (TPSA) is 110 Å². The van der Waals surface area contributed by atoms with Crippen LogP contribution in [0.2, 0.25) is 0 Å². The quantitative estimate of drug-likeness (QED) is 0.571. The van der Waals surface area contributed by atoms with Crippen LogP contribution in [0.25, 0.3) is 0 Å². The normalized spacial score (nSPS) is 9.67. The Balaban J connectivity index is 2.38. The summed E-state index contributed by atoms with van der Waals surface area (Å²) in [5.41, 5.74) is 5.92. The molecule has 1 amide bonds. The number of nitrogens with two attached hydrogens (primary N) is 1. The van der Waals surface area contributed by atoms with E-state index in [9.17, 15) is 9.59 Å². The third-order valence-corrected chi connectivity index (χ3v) is 1.74. The fourth-order valence-electron chi connectivity index (χ4n) is 0.946. The molecular weight excluding hydrogens is 200 g/mol. The number of hydrogen-bond donors (Lipinski definition) is 3. The molecule has 0 unspecified atom stereocenters. The maximum atomic E-state index is 11.4. The van der Waals surface area contributed by atoms with Crippen molar-refractivity contribution in [3.63, 3.8) is 0 Å². The SMILES string of the molecule is COC(=O)CCNC(=O)c1[nH]ncc1N. The molecule has 0 aromatic carbocycles. The Morgan fingerprint density at radius 3 is 2.93 bits per heavy atom. The van der Waals surface area contributed by atoms with Crippen LogP contribution in [-0.2, 0) is 9.53 Å². The highest BCUT2D eigenvalue weighted by Gasteiger charge is 2.11. The zero-order chi connectivity index (χ0) is 11.3. The van der Waals surface area contributed by atoms with Crippen LogP contribution in [-0.4, -0.2) is 35.7 Å². The van der Waals surface area contributed by atoms with Crippen molar-refractivity contribution in [2.75, 3.05) is 19.4 Å². The molecule has 0 radical (unpaired) electrons. The third-order valence-electron chi connectivity index (χ3n) is 1.74. The van der Waals surface area contributed by atoms with Gasteiger partial charge in [-0.3, -0.25) is 14.7 Å². The zero-order valence-corrected chi connectivity index (χ0v) is 8.24. The van der Waals surface area contributed by atoms with Gasteiger partial charge < -0.3 is 15.8 Å². The molecule has 1 aromatic heterocycles. The summed E-state index contributed by atoms with van der Waals surface area (Å²) in [4.78, 5) is 22.1. The maximum absolute atomic E-state index is 11.4. The van der Waals surface area contributed by atoms with Crippen LogP contribution >= 0.6 is 0 Å². The Morgan fingerprint density at radius 1 is 1.67 bits per heavy atom. The first kappa shape index (κ1) is 11.0. The van der Waals surface area contributed by atoms with E-state index in [1.807, 2.05) is 0 Å². The average molecular weight is 212 g/mol. The largest absolute Gasteiger partial charge is 0.469 e. The van der Waals surface area contributed by atoms with E-state index in [2.05, 4.69) is 20.3 Å². The molecule has 1 rings (SSSR count). The van der Waals surface area contributed by atoms with Gasteiger partial charge in [0.05, 0.1) is 25.4 Å². The molecule has 0 aliphatic heterocycles. The summed E-state index contributed by atoms with van der Waals surface area (Å²) in [5, 5.41) is 8.55. The molecule has 0 atom stereocenters. The molecule has 82 valence electrons. The van der Waals surface area contributed by atoms with Crippen LogP contribution in [0, 0.1) is 0 Å². The van der Waals surface area contributed by atoms with Gasteiger partial charge in [-0.1, -0.05) is 0 Å².